The van der Waals surface area contributed by atoms with E-state index >= 15 is 0 Å². The summed E-state index contributed by atoms with van der Waals surface area (Å²) in [4.78, 5) is 50.6. The van der Waals surface area contributed by atoms with Crippen LogP contribution in [0.2, 0.25) is 0 Å². The van der Waals surface area contributed by atoms with Crippen LogP contribution in [0.15, 0.2) is 54.6 Å². The summed E-state index contributed by atoms with van der Waals surface area (Å²) in [5.74, 6) is -2.92. The fraction of sp³-hybridized carbons (Fsp3) is 0.407. The highest BCUT2D eigenvalue weighted by molar-refractivity contribution is 5.94. The normalized spacial score (nSPS) is 14.2. The van der Waals surface area contributed by atoms with Crippen molar-refractivity contribution in [3.63, 3.8) is 0 Å². The topological polar surface area (TPSA) is 171 Å². The molecule has 7 N–H and O–H groups in total. The van der Waals surface area contributed by atoms with Gasteiger partial charge < -0.3 is 31.9 Å². The Morgan fingerprint density at radius 1 is 0.730 bits per heavy atom. The first-order chi connectivity index (χ1) is 17.5. The summed E-state index contributed by atoms with van der Waals surface area (Å²) in [6.45, 7) is 5.23. The summed E-state index contributed by atoms with van der Waals surface area (Å²) in [6.07, 6.45) is 0.424. The second-order valence-corrected chi connectivity index (χ2v) is 9.50. The molecule has 2 aromatic rings. The fourth-order valence-corrected chi connectivity index (χ4v) is 3.68. The molecule has 0 spiro atoms. The number of rotatable bonds is 13. The number of hydrogen-bond acceptors (Lipinski definition) is 6. The van der Waals surface area contributed by atoms with Gasteiger partial charge in [0.25, 0.3) is 0 Å². The fourth-order valence-electron chi connectivity index (χ4n) is 3.68. The van der Waals surface area contributed by atoms with Crippen LogP contribution in [0.25, 0.3) is 0 Å². The van der Waals surface area contributed by atoms with Crippen molar-refractivity contribution in [2.24, 2.45) is 11.7 Å². The summed E-state index contributed by atoms with van der Waals surface area (Å²) in [6, 6.07) is 10.9. The molecule has 10 nitrogen and oxygen atoms in total. The van der Waals surface area contributed by atoms with Crippen molar-refractivity contribution in [1.29, 1.82) is 0 Å². The lowest BCUT2D eigenvalue weighted by Crippen LogP contribution is -2.57. The number of phenolic OH excluding ortho intramolecular Hbond substituents is 1. The summed E-state index contributed by atoms with van der Waals surface area (Å²) in [7, 11) is 0. The zero-order valence-electron chi connectivity index (χ0n) is 21.3. The predicted octanol–water partition coefficient (Wildman–Crippen LogP) is 1.11. The lowest BCUT2D eigenvalue weighted by molar-refractivity contribution is -0.142. The number of carboxylic acid groups (broad SMARTS) is 1. The van der Waals surface area contributed by atoms with Gasteiger partial charge >= 0.3 is 5.97 Å². The molecule has 4 atom stereocenters. The van der Waals surface area contributed by atoms with Crippen LogP contribution in [0.4, 0.5) is 0 Å². The summed E-state index contributed by atoms with van der Waals surface area (Å²) < 4.78 is 0. The van der Waals surface area contributed by atoms with Crippen LogP contribution in [0.3, 0.4) is 0 Å². The van der Waals surface area contributed by atoms with Gasteiger partial charge in [-0.05, 0) is 42.5 Å². The highest BCUT2D eigenvalue weighted by Crippen LogP contribution is 2.13. The molecule has 0 aliphatic carbocycles. The molecule has 4 unspecified atom stereocenters. The third-order valence-corrected chi connectivity index (χ3v) is 5.66. The Hall–Kier alpha value is -3.92. The monoisotopic (exact) mass is 512 g/mol. The number of carbonyl (C=O) groups is 4. The van der Waals surface area contributed by atoms with Crippen molar-refractivity contribution >= 4 is 23.7 Å². The van der Waals surface area contributed by atoms with Gasteiger partial charge in [0, 0.05) is 12.8 Å². The van der Waals surface area contributed by atoms with Crippen molar-refractivity contribution in [2.45, 2.75) is 64.2 Å². The molecular weight excluding hydrogens is 476 g/mol. The van der Waals surface area contributed by atoms with Gasteiger partial charge in [-0.2, -0.15) is 0 Å². The maximum atomic E-state index is 13.3. The van der Waals surface area contributed by atoms with Crippen molar-refractivity contribution in [3.8, 4) is 5.75 Å². The average molecular weight is 513 g/mol. The molecule has 0 saturated heterocycles. The highest BCUT2D eigenvalue weighted by atomic mass is 16.4. The number of carbonyl (C=O) groups excluding carboxylic acids is 3. The number of hydrogen-bond donors (Lipinski definition) is 6. The van der Waals surface area contributed by atoms with Gasteiger partial charge in [0.2, 0.25) is 17.7 Å². The van der Waals surface area contributed by atoms with Crippen molar-refractivity contribution in [2.75, 3.05) is 0 Å². The van der Waals surface area contributed by atoms with Crippen molar-refractivity contribution in [3.05, 3.63) is 65.7 Å². The number of nitrogens with two attached hydrogens (primary N) is 1. The van der Waals surface area contributed by atoms with Crippen LogP contribution in [0, 0.1) is 5.92 Å². The number of benzene rings is 2. The van der Waals surface area contributed by atoms with Crippen molar-refractivity contribution in [1.82, 2.24) is 16.0 Å². The zero-order chi connectivity index (χ0) is 27.5. The van der Waals surface area contributed by atoms with E-state index in [-0.39, 0.29) is 30.9 Å². The second kappa shape index (κ2) is 14.0. The minimum Gasteiger partial charge on any atom is -0.508 e. The quantitative estimate of drug-likeness (QED) is 0.233. The van der Waals surface area contributed by atoms with Gasteiger partial charge in [0.15, 0.2) is 0 Å². The molecule has 0 heterocycles. The number of amides is 3. The molecule has 0 radical (unpaired) electrons. The Labute approximate surface area is 216 Å². The molecular formula is C27H36N4O6. The first-order valence-corrected chi connectivity index (χ1v) is 12.2. The third kappa shape index (κ3) is 9.92. The maximum Gasteiger partial charge on any atom is 0.326 e. The molecule has 0 bridgehead atoms. The van der Waals surface area contributed by atoms with Gasteiger partial charge in [-0.3, -0.25) is 14.4 Å². The zero-order valence-corrected chi connectivity index (χ0v) is 21.3. The molecule has 37 heavy (non-hydrogen) atoms. The molecule has 0 aliphatic rings. The van der Waals surface area contributed by atoms with Crippen LogP contribution >= 0.6 is 0 Å². The Bertz CT molecular complexity index is 1060. The molecule has 0 aromatic heterocycles. The third-order valence-electron chi connectivity index (χ3n) is 5.66. The molecule has 2 aromatic carbocycles. The molecule has 2 rings (SSSR count). The number of carboxylic acids is 1. The van der Waals surface area contributed by atoms with Gasteiger partial charge in [0.05, 0.1) is 6.04 Å². The largest absolute Gasteiger partial charge is 0.508 e. The van der Waals surface area contributed by atoms with E-state index in [0.717, 1.165) is 5.56 Å². The number of phenols is 1. The molecule has 0 saturated carbocycles. The van der Waals surface area contributed by atoms with Crippen molar-refractivity contribution < 1.29 is 29.4 Å². The van der Waals surface area contributed by atoms with E-state index in [4.69, 9.17) is 5.73 Å². The first kappa shape index (κ1) is 29.3. The van der Waals surface area contributed by atoms with E-state index < -0.39 is 47.9 Å². The molecule has 0 aliphatic heterocycles. The van der Waals surface area contributed by atoms with E-state index in [1.807, 2.05) is 19.9 Å². The van der Waals surface area contributed by atoms with Crippen LogP contribution in [0.5, 0.6) is 5.75 Å². The minimum absolute atomic E-state index is 0.00246. The summed E-state index contributed by atoms with van der Waals surface area (Å²) >= 11 is 0. The first-order valence-electron chi connectivity index (χ1n) is 12.2. The van der Waals surface area contributed by atoms with Crippen LogP contribution in [-0.4, -0.2) is 58.1 Å². The minimum atomic E-state index is -1.19. The second-order valence-electron chi connectivity index (χ2n) is 9.50. The lowest BCUT2D eigenvalue weighted by atomic mass is 10.00. The Balaban J connectivity index is 2.20. The SMILES string of the molecule is CC(C)CC(NC(=O)C(Cc1ccc(O)cc1)NC(=O)C(C)N)C(=O)NC(Cc1ccccc1)C(=O)O. The van der Waals surface area contributed by atoms with Gasteiger partial charge in [-0.25, -0.2) is 4.79 Å². The van der Waals surface area contributed by atoms with Gasteiger partial charge in [-0.1, -0.05) is 56.3 Å². The lowest BCUT2D eigenvalue weighted by Gasteiger charge is -2.26. The molecule has 200 valence electrons. The Morgan fingerprint density at radius 2 is 1.22 bits per heavy atom. The Morgan fingerprint density at radius 3 is 1.76 bits per heavy atom. The van der Waals surface area contributed by atoms with E-state index in [0.29, 0.717) is 5.56 Å². The smallest absolute Gasteiger partial charge is 0.326 e. The van der Waals surface area contributed by atoms with Crippen LogP contribution < -0.4 is 21.7 Å². The van der Waals surface area contributed by atoms with E-state index in [1.165, 1.54) is 19.1 Å². The highest BCUT2D eigenvalue weighted by Gasteiger charge is 2.30. The van der Waals surface area contributed by atoms with E-state index in [1.54, 1.807) is 36.4 Å². The number of nitrogens with one attached hydrogen (secondary N) is 3. The van der Waals surface area contributed by atoms with Crippen LogP contribution in [-0.2, 0) is 32.0 Å². The van der Waals surface area contributed by atoms with Gasteiger partial charge in [0.1, 0.15) is 23.9 Å². The molecule has 10 heteroatoms. The Kier molecular flexibility index (Phi) is 11.1. The standard InChI is InChI=1S/C27H36N4O6/c1-16(2)13-21(25(34)31-23(27(36)37)15-18-7-5-4-6-8-18)30-26(35)22(29-24(33)17(3)28)14-19-9-11-20(32)12-10-19/h4-12,16-17,21-23,32H,13-15,28H2,1-3H3,(H,29,33)(H,30,35)(H,31,34)(H,36,37). The van der Waals surface area contributed by atoms with E-state index in [2.05, 4.69) is 16.0 Å². The predicted molar refractivity (Wildman–Crippen MR) is 138 cm³/mol. The number of aliphatic carboxylic acids is 1. The maximum absolute atomic E-state index is 13.3. The number of aromatic hydroxyl groups is 1. The summed E-state index contributed by atoms with van der Waals surface area (Å²) in [5.41, 5.74) is 7.07. The van der Waals surface area contributed by atoms with Crippen LogP contribution in [0.1, 0.15) is 38.3 Å². The molecule has 0 fully saturated rings. The molecule has 3 amide bonds. The summed E-state index contributed by atoms with van der Waals surface area (Å²) in [5, 5.41) is 27.0. The van der Waals surface area contributed by atoms with Gasteiger partial charge in [-0.15, -0.1) is 0 Å². The average Bonchev–Trinajstić information content (AvgIpc) is 2.84. The van der Waals surface area contributed by atoms with E-state index in [9.17, 15) is 29.4 Å².